The van der Waals surface area contributed by atoms with E-state index in [9.17, 15) is 4.79 Å². The lowest BCUT2D eigenvalue weighted by atomic mass is 10.1. The zero-order chi connectivity index (χ0) is 15.5. The zero-order valence-corrected chi connectivity index (χ0v) is 13.5. The van der Waals surface area contributed by atoms with Crippen molar-refractivity contribution in [1.29, 1.82) is 0 Å². The SMILES string of the molecule is CCN(CC)C(=O)CC1(C)NC(=S)N(c2ccccc2)N1. The molecule has 1 atom stereocenters. The van der Waals surface area contributed by atoms with E-state index in [4.69, 9.17) is 12.2 Å². The maximum Gasteiger partial charge on any atom is 0.226 e. The number of carbonyl (C=O) groups excluding carboxylic acids is 1. The number of hydrogen-bond donors (Lipinski definition) is 2. The van der Waals surface area contributed by atoms with Crippen LogP contribution in [0.4, 0.5) is 5.69 Å². The number of rotatable bonds is 5. The topological polar surface area (TPSA) is 47.6 Å². The molecule has 1 aliphatic heterocycles. The summed E-state index contributed by atoms with van der Waals surface area (Å²) in [6.07, 6.45) is 0.345. The van der Waals surface area contributed by atoms with Crippen LogP contribution in [-0.2, 0) is 4.79 Å². The highest BCUT2D eigenvalue weighted by Crippen LogP contribution is 2.21. The maximum atomic E-state index is 12.3. The third-order valence-electron chi connectivity index (χ3n) is 3.58. The predicted octanol–water partition coefficient (Wildman–Crippen LogP) is 1.86. The summed E-state index contributed by atoms with van der Waals surface area (Å²) < 4.78 is 0. The van der Waals surface area contributed by atoms with Gasteiger partial charge in [0.05, 0.1) is 12.1 Å². The number of hydrogen-bond acceptors (Lipinski definition) is 3. The second kappa shape index (κ2) is 6.41. The molecule has 1 fully saturated rings. The van der Waals surface area contributed by atoms with Crippen molar-refractivity contribution >= 4 is 28.9 Å². The summed E-state index contributed by atoms with van der Waals surface area (Å²) in [5.74, 6) is 0.111. The van der Waals surface area contributed by atoms with Gasteiger partial charge in [0.1, 0.15) is 5.66 Å². The quantitative estimate of drug-likeness (QED) is 0.813. The third kappa shape index (κ3) is 3.51. The van der Waals surface area contributed by atoms with E-state index in [2.05, 4.69) is 10.7 Å². The molecule has 2 N–H and O–H groups in total. The van der Waals surface area contributed by atoms with Gasteiger partial charge in [-0.3, -0.25) is 9.80 Å². The van der Waals surface area contributed by atoms with E-state index in [1.54, 1.807) is 0 Å². The first-order chi connectivity index (χ1) is 9.99. The smallest absolute Gasteiger partial charge is 0.226 e. The molecule has 0 aliphatic carbocycles. The van der Waals surface area contributed by atoms with Crippen molar-refractivity contribution in [1.82, 2.24) is 15.6 Å². The molecular weight excluding hydrogens is 284 g/mol. The van der Waals surface area contributed by atoms with E-state index >= 15 is 0 Å². The molecule has 2 rings (SSSR count). The summed E-state index contributed by atoms with van der Waals surface area (Å²) in [6, 6.07) is 9.81. The van der Waals surface area contributed by atoms with Gasteiger partial charge in [0, 0.05) is 13.1 Å². The van der Waals surface area contributed by atoms with Crippen LogP contribution in [0.15, 0.2) is 30.3 Å². The molecule has 1 unspecified atom stereocenters. The fraction of sp³-hybridized carbons (Fsp3) is 0.467. The molecule has 0 aromatic heterocycles. The first-order valence-electron chi connectivity index (χ1n) is 7.22. The Labute approximate surface area is 131 Å². The lowest BCUT2D eigenvalue weighted by Gasteiger charge is -2.28. The van der Waals surface area contributed by atoms with Gasteiger partial charge >= 0.3 is 0 Å². The van der Waals surface area contributed by atoms with Crippen LogP contribution in [-0.4, -0.2) is 34.7 Å². The van der Waals surface area contributed by atoms with Crippen LogP contribution in [0.25, 0.3) is 0 Å². The van der Waals surface area contributed by atoms with Crippen molar-refractivity contribution < 1.29 is 4.79 Å². The number of hydrazine groups is 1. The number of thiocarbonyl (C=S) groups is 1. The zero-order valence-electron chi connectivity index (χ0n) is 12.7. The minimum Gasteiger partial charge on any atom is -0.343 e. The summed E-state index contributed by atoms with van der Waals surface area (Å²) in [5.41, 5.74) is 3.69. The lowest BCUT2D eigenvalue weighted by molar-refractivity contribution is -0.132. The summed E-state index contributed by atoms with van der Waals surface area (Å²) in [6.45, 7) is 7.36. The van der Waals surface area contributed by atoms with E-state index in [1.807, 2.05) is 61.0 Å². The van der Waals surface area contributed by atoms with Gasteiger partial charge in [0.25, 0.3) is 0 Å². The van der Waals surface area contributed by atoms with Crippen LogP contribution in [0.2, 0.25) is 0 Å². The molecule has 1 saturated heterocycles. The summed E-state index contributed by atoms with van der Waals surface area (Å²) in [7, 11) is 0. The summed E-state index contributed by atoms with van der Waals surface area (Å²) >= 11 is 5.37. The summed E-state index contributed by atoms with van der Waals surface area (Å²) in [5, 5.41) is 5.60. The predicted molar refractivity (Wildman–Crippen MR) is 88.7 cm³/mol. The van der Waals surface area contributed by atoms with Crippen molar-refractivity contribution in [2.24, 2.45) is 0 Å². The fourth-order valence-corrected chi connectivity index (χ4v) is 2.83. The second-order valence-electron chi connectivity index (χ2n) is 5.29. The third-order valence-corrected chi connectivity index (χ3v) is 3.86. The second-order valence-corrected chi connectivity index (χ2v) is 5.67. The van der Waals surface area contributed by atoms with Gasteiger partial charge < -0.3 is 10.2 Å². The molecule has 1 aliphatic rings. The molecule has 1 amide bonds. The highest BCUT2D eigenvalue weighted by Gasteiger charge is 2.38. The van der Waals surface area contributed by atoms with Crippen LogP contribution in [0.5, 0.6) is 0 Å². The molecule has 1 aromatic rings. The molecule has 21 heavy (non-hydrogen) atoms. The Morgan fingerprint density at radius 3 is 2.48 bits per heavy atom. The number of nitrogens with zero attached hydrogens (tertiary/aromatic N) is 2. The van der Waals surface area contributed by atoms with Crippen molar-refractivity contribution in [2.75, 3.05) is 18.1 Å². The lowest BCUT2D eigenvalue weighted by Crippen LogP contribution is -2.52. The van der Waals surface area contributed by atoms with Crippen LogP contribution in [0.3, 0.4) is 0 Å². The van der Waals surface area contributed by atoms with Crippen LogP contribution in [0.1, 0.15) is 27.2 Å². The van der Waals surface area contributed by atoms with Crippen LogP contribution < -0.4 is 15.8 Å². The van der Waals surface area contributed by atoms with Gasteiger partial charge in [-0.05, 0) is 45.1 Å². The fourth-order valence-electron chi connectivity index (χ4n) is 2.45. The Bertz CT molecular complexity index is 518. The van der Waals surface area contributed by atoms with Gasteiger partial charge in [-0.15, -0.1) is 0 Å². The maximum absolute atomic E-state index is 12.3. The first-order valence-corrected chi connectivity index (χ1v) is 7.63. The number of para-hydroxylation sites is 1. The van der Waals surface area contributed by atoms with Crippen molar-refractivity contribution in [2.45, 2.75) is 32.9 Å². The van der Waals surface area contributed by atoms with E-state index in [-0.39, 0.29) is 5.91 Å². The molecule has 0 spiro atoms. The van der Waals surface area contributed by atoms with Gasteiger partial charge in [-0.1, -0.05) is 18.2 Å². The van der Waals surface area contributed by atoms with Crippen molar-refractivity contribution in [3.05, 3.63) is 30.3 Å². The Balaban J connectivity index is 2.08. The van der Waals surface area contributed by atoms with E-state index < -0.39 is 5.66 Å². The molecule has 114 valence electrons. The molecule has 0 radical (unpaired) electrons. The average molecular weight is 306 g/mol. The minimum absolute atomic E-state index is 0.111. The average Bonchev–Trinajstić information content (AvgIpc) is 2.76. The van der Waals surface area contributed by atoms with Gasteiger partial charge in [-0.25, -0.2) is 5.43 Å². The Morgan fingerprint density at radius 2 is 1.90 bits per heavy atom. The van der Waals surface area contributed by atoms with Gasteiger partial charge in [0.15, 0.2) is 5.11 Å². The van der Waals surface area contributed by atoms with E-state index in [1.165, 1.54) is 0 Å². The monoisotopic (exact) mass is 306 g/mol. The molecule has 0 saturated carbocycles. The van der Waals surface area contributed by atoms with Crippen LogP contribution >= 0.6 is 12.2 Å². The molecule has 0 bridgehead atoms. The molecule has 1 aromatic carbocycles. The number of anilines is 1. The summed E-state index contributed by atoms with van der Waals surface area (Å²) in [4.78, 5) is 14.1. The Morgan fingerprint density at radius 1 is 1.29 bits per heavy atom. The minimum atomic E-state index is -0.563. The number of nitrogens with one attached hydrogen (secondary N) is 2. The number of amides is 1. The molecule has 5 nitrogen and oxygen atoms in total. The Kier molecular flexibility index (Phi) is 4.80. The van der Waals surface area contributed by atoms with E-state index in [0.717, 1.165) is 18.8 Å². The normalized spacial score (nSPS) is 21.3. The highest BCUT2D eigenvalue weighted by molar-refractivity contribution is 7.80. The molecular formula is C15H22N4OS. The Hall–Kier alpha value is -1.66. The van der Waals surface area contributed by atoms with Crippen molar-refractivity contribution in [3.63, 3.8) is 0 Å². The van der Waals surface area contributed by atoms with Gasteiger partial charge in [-0.2, -0.15) is 0 Å². The van der Waals surface area contributed by atoms with Crippen molar-refractivity contribution in [3.8, 4) is 0 Å². The highest BCUT2D eigenvalue weighted by atomic mass is 32.1. The number of carbonyl (C=O) groups is 1. The molecule has 1 heterocycles. The largest absolute Gasteiger partial charge is 0.343 e. The van der Waals surface area contributed by atoms with Crippen LogP contribution in [0, 0.1) is 0 Å². The van der Waals surface area contributed by atoms with E-state index in [0.29, 0.717) is 11.5 Å². The number of benzene rings is 1. The standard InChI is InChI=1S/C15H22N4OS/c1-4-18(5-2)13(20)11-15(3)16-14(21)19(17-15)12-9-7-6-8-10-12/h6-10,17H,4-5,11H2,1-3H3,(H,16,21). The van der Waals surface area contributed by atoms with Gasteiger partial charge in [0.2, 0.25) is 5.91 Å². The molecule has 6 heteroatoms. The first kappa shape index (κ1) is 15.7.